The number of aryl methyl sites for hydroxylation is 4. The van der Waals surface area contributed by atoms with Gasteiger partial charge in [-0.25, -0.2) is 24.7 Å². The molecule has 8 aromatic heterocycles. The van der Waals surface area contributed by atoms with Crippen molar-refractivity contribution in [3.63, 3.8) is 0 Å². The molecule has 2 saturated heterocycles. The lowest BCUT2D eigenvalue weighted by Crippen LogP contribution is -2.42. The van der Waals surface area contributed by atoms with Gasteiger partial charge in [-0.2, -0.15) is 29.5 Å². The van der Waals surface area contributed by atoms with E-state index < -0.39 is 48.6 Å². The van der Waals surface area contributed by atoms with Crippen LogP contribution in [0.15, 0.2) is 37.7 Å². The van der Waals surface area contributed by atoms with Gasteiger partial charge in [0.15, 0.2) is 45.6 Å². The SMILES string of the molecule is CCc1nnn([C@H]2C[C@@H](n3cnc4c(N[C@@H]5CCN(C(=O)N6CC[C@@H](Nc7nc(NCCc8cn(C)cn8)nc8c7ncn8[C@@H]7C[C@H](n8nnc(CC)n8)[C@@H](O)[C@H]7O)C6)C5)nc(NCCc5cn(C)cn5)nc43)[C@H](O)[C@@H]2O)n1. The van der Waals surface area contributed by atoms with Crippen molar-refractivity contribution in [2.75, 3.05) is 60.5 Å². The highest BCUT2D eigenvalue weighted by molar-refractivity contribution is 5.86. The molecular weight excluding hydrogens is 1010 g/mol. The first-order valence-electron chi connectivity index (χ1n) is 26.6. The molecule has 0 spiro atoms. The molecule has 31 heteroatoms. The molecule has 0 bridgehead atoms. The van der Waals surface area contributed by atoms with Crippen LogP contribution in [0.3, 0.4) is 0 Å². The number of aliphatic hydroxyl groups is 4. The average Bonchev–Trinajstić information content (AvgIpc) is 4.31. The number of rotatable bonds is 18. The van der Waals surface area contributed by atoms with Gasteiger partial charge in [0.25, 0.3) is 0 Å². The van der Waals surface area contributed by atoms with E-state index in [4.69, 9.17) is 29.9 Å². The fourth-order valence-electron chi connectivity index (χ4n) is 11.2. The second-order valence-corrected chi connectivity index (χ2v) is 20.8. The molecule has 0 radical (unpaired) electrons. The third kappa shape index (κ3) is 9.84. The van der Waals surface area contributed by atoms with Gasteiger partial charge < -0.3 is 69.8 Å². The lowest BCUT2D eigenvalue weighted by Gasteiger charge is -2.25. The zero-order valence-electron chi connectivity index (χ0n) is 43.7. The van der Waals surface area contributed by atoms with Crippen molar-refractivity contribution in [2.45, 2.75) is 126 Å². The Morgan fingerprint density at radius 1 is 0.590 bits per heavy atom. The molecule has 0 unspecified atom stereocenters. The Morgan fingerprint density at radius 2 is 1.03 bits per heavy atom. The Kier molecular flexibility index (Phi) is 13.7. The van der Waals surface area contributed by atoms with Gasteiger partial charge in [0.2, 0.25) is 11.9 Å². The van der Waals surface area contributed by atoms with Gasteiger partial charge in [-0.3, -0.25) is 0 Å². The summed E-state index contributed by atoms with van der Waals surface area (Å²) in [7, 11) is 3.84. The molecule has 31 nitrogen and oxygen atoms in total. The first kappa shape index (κ1) is 50.8. The minimum Gasteiger partial charge on any atom is -0.388 e. The van der Waals surface area contributed by atoms with E-state index in [2.05, 4.69) is 62.1 Å². The first-order chi connectivity index (χ1) is 37.9. The van der Waals surface area contributed by atoms with Gasteiger partial charge in [-0.1, -0.05) is 13.8 Å². The van der Waals surface area contributed by atoms with Crippen LogP contribution in [0.2, 0.25) is 0 Å². The molecule has 8 N–H and O–H groups in total. The third-order valence-corrected chi connectivity index (χ3v) is 15.4. The largest absolute Gasteiger partial charge is 0.388 e. The number of anilines is 4. The number of nitrogens with one attached hydrogen (secondary N) is 4. The van der Waals surface area contributed by atoms with Gasteiger partial charge in [0, 0.05) is 104 Å². The number of fused-ring (bicyclic) bond motifs is 2. The molecule has 12 rings (SSSR count). The van der Waals surface area contributed by atoms with Crippen molar-refractivity contribution in [2.24, 2.45) is 14.1 Å². The van der Waals surface area contributed by atoms with Crippen LogP contribution in [0, 0.1) is 0 Å². The highest BCUT2D eigenvalue weighted by Gasteiger charge is 2.47. The van der Waals surface area contributed by atoms with Crippen LogP contribution in [-0.2, 0) is 39.8 Å². The molecule has 78 heavy (non-hydrogen) atoms. The van der Waals surface area contributed by atoms with E-state index in [1.54, 1.807) is 34.4 Å². The number of carbonyl (C=O) groups excluding carboxylic acids is 1. The van der Waals surface area contributed by atoms with Crippen molar-refractivity contribution in [3.8, 4) is 0 Å². The maximum Gasteiger partial charge on any atom is 0.320 e. The molecule has 2 amide bonds. The quantitative estimate of drug-likeness (QED) is 0.0534. The Labute approximate surface area is 445 Å². The molecule has 10 atom stereocenters. The third-order valence-electron chi connectivity index (χ3n) is 15.4. The molecule has 4 fully saturated rings. The fraction of sp³-hybridized carbons (Fsp3) is 0.596. The van der Waals surface area contributed by atoms with Gasteiger partial charge >= 0.3 is 6.03 Å². The van der Waals surface area contributed by atoms with E-state index in [-0.39, 0.29) is 18.1 Å². The van der Waals surface area contributed by atoms with Crippen LogP contribution < -0.4 is 21.3 Å². The summed E-state index contributed by atoms with van der Waals surface area (Å²) >= 11 is 0. The van der Waals surface area contributed by atoms with Crippen LogP contribution in [0.25, 0.3) is 22.3 Å². The molecule has 4 aliphatic rings. The standard InChI is InChI=1S/C47H64N26O5/c1-5-33-60-64-72(62-33)31-15-29(37(74)39(31)76)70-23-52-35-41(56-45(58-43(35)70)48-11-7-25-17-66(3)21-50-25)54-27-9-13-68(19-27)47(78)69-14-10-28(20-69)55-42-36-44(59-46(57-42)49-12-8-26-18-67(4)22-51-26)71(24-53-36)30-16-32(40(77)38(30)75)73-63-34(6-2)61-65-73/h17-18,21-24,27-32,37-40,74-77H,5-16,19-20H2,1-4H3,(H2,48,54,56,58)(H2,49,55,57,59)/t27-,28-,29-,30-,31+,32+,37+,38+,39-,40-/m1/s1. The number of nitrogens with zero attached hydrogens (tertiary/aromatic N) is 22. The number of tetrazole rings is 2. The number of urea groups is 1. The maximum absolute atomic E-state index is 14.3. The number of aliphatic hydroxyl groups excluding tert-OH is 4. The smallest absolute Gasteiger partial charge is 0.320 e. The van der Waals surface area contributed by atoms with Crippen LogP contribution in [0.1, 0.15) is 86.7 Å². The molecule has 2 saturated carbocycles. The van der Waals surface area contributed by atoms with Crippen molar-refractivity contribution in [1.29, 1.82) is 0 Å². The summed E-state index contributed by atoms with van der Waals surface area (Å²) in [5, 5.41) is 84.6. The fourth-order valence-corrected chi connectivity index (χ4v) is 11.2. The number of aromatic nitrogens is 20. The molecular formula is C47H64N26O5. The van der Waals surface area contributed by atoms with E-state index in [1.807, 2.05) is 59.3 Å². The Bertz CT molecular complexity index is 3180. The molecule has 10 heterocycles. The summed E-state index contributed by atoms with van der Waals surface area (Å²) in [6.45, 7) is 6.68. The van der Waals surface area contributed by atoms with Crippen molar-refractivity contribution in [1.82, 2.24) is 108 Å². The number of carbonyl (C=O) groups is 1. The predicted octanol–water partition coefficient (Wildman–Crippen LogP) is -0.552. The van der Waals surface area contributed by atoms with E-state index >= 15 is 0 Å². The van der Waals surface area contributed by atoms with E-state index in [9.17, 15) is 25.2 Å². The van der Waals surface area contributed by atoms with Gasteiger partial charge in [0.1, 0.15) is 36.5 Å². The molecule has 8 aromatic rings. The van der Waals surface area contributed by atoms with Crippen LogP contribution >= 0.6 is 0 Å². The second-order valence-electron chi connectivity index (χ2n) is 20.8. The lowest BCUT2D eigenvalue weighted by molar-refractivity contribution is 0.00473. The lowest BCUT2D eigenvalue weighted by atomic mass is 10.2. The van der Waals surface area contributed by atoms with Crippen LogP contribution in [-0.4, -0.2) is 211 Å². The summed E-state index contributed by atoms with van der Waals surface area (Å²) < 4.78 is 7.34. The zero-order chi connectivity index (χ0) is 53.8. The minimum absolute atomic E-state index is 0.0842. The van der Waals surface area contributed by atoms with Gasteiger partial charge in [-0.05, 0) is 36.1 Å². The summed E-state index contributed by atoms with van der Waals surface area (Å²) in [5.41, 5.74) is 3.69. The number of amides is 2. The predicted molar refractivity (Wildman–Crippen MR) is 278 cm³/mol. The molecule has 412 valence electrons. The monoisotopic (exact) mass is 1070 g/mol. The normalized spacial score (nSPS) is 25.3. The van der Waals surface area contributed by atoms with Crippen LogP contribution in [0.5, 0.6) is 0 Å². The average molecular weight is 1070 g/mol. The highest BCUT2D eigenvalue weighted by Crippen LogP contribution is 2.41. The number of likely N-dealkylation sites (tertiary alicyclic amines) is 2. The number of imidazole rings is 4. The number of hydrogen-bond acceptors (Lipinski definition) is 23. The summed E-state index contributed by atoms with van der Waals surface area (Å²) in [5.74, 6) is 2.71. The molecule has 0 aromatic carbocycles. The second kappa shape index (κ2) is 21.1. The topological polar surface area (TPSA) is 363 Å². The van der Waals surface area contributed by atoms with E-state index in [0.29, 0.717) is 148 Å². The minimum atomic E-state index is -1.17. The van der Waals surface area contributed by atoms with Gasteiger partial charge in [0.05, 0.1) is 48.8 Å². The summed E-state index contributed by atoms with van der Waals surface area (Å²) in [6, 6.07) is -2.88. The Balaban J connectivity index is 0.739. The maximum atomic E-state index is 14.3. The number of hydrogen-bond donors (Lipinski definition) is 8. The first-order valence-corrected chi connectivity index (χ1v) is 26.6. The van der Waals surface area contributed by atoms with Crippen LogP contribution in [0.4, 0.5) is 28.3 Å². The highest BCUT2D eigenvalue weighted by atomic mass is 16.3. The molecule has 2 aliphatic carbocycles. The van der Waals surface area contributed by atoms with Crippen molar-refractivity contribution >= 4 is 51.9 Å². The molecule has 2 aliphatic heterocycles. The Hall–Kier alpha value is -8.03. The Morgan fingerprint density at radius 3 is 1.42 bits per heavy atom. The zero-order valence-corrected chi connectivity index (χ0v) is 43.7. The summed E-state index contributed by atoms with van der Waals surface area (Å²) in [6.07, 6.45) is 10.3. The van der Waals surface area contributed by atoms with E-state index in [0.717, 1.165) is 11.4 Å². The van der Waals surface area contributed by atoms with E-state index in [1.165, 1.54) is 9.59 Å². The van der Waals surface area contributed by atoms with Gasteiger partial charge in [-0.15, -0.1) is 20.4 Å². The van der Waals surface area contributed by atoms with Crippen molar-refractivity contribution in [3.05, 3.63) is 60.7 Å². The summed E-state index contributed by atoms with van der Waals surface area (Å²) in [4.78, 5) is 58.8. The van der Waals surface area contributed by atoms with Crippen molar-refractivity contribution < 1.29 is 25.2 Å².